The Morgan fingerprint density at radius 1 is 1.22 bits per heavy atom. The van der Waals surface area contributed by atoms with Crippen molar-refractivity contribution in [3.8, 4) is 11.8 Å². The third kappa shape index (κ3) is 4.34. The van der Waals surface area contributed by atoms with Crippen molar-refractivity contribution in [3.05, 3.63) is 86.4 Å². The summed E-state index contributed by atoms with van der Waals surface area (Å²) in [6.45, 7) is 4.28. The van der Waals surface area contributed by atoms with E-state index >= 15 is 0 Å². The van der Waals surface area contributed by atoms with Gasteiger partial charge in [0.05, 0.1) is 5.92 Å². The molecule has 1 aliphatic carbocycles. The zero-order valence-corrected chi connectivity index (χ0v) is 19.3. The van der Waals surface area contributed by atoms with E-state index in [2.05, 4.69) is 6.07 Å². The third-order valence-electron chi connectivity index (χ3n) is 5.68. The molecule has 32 heavy (non-hydrogen) atoms. The van der Waals surface area contributed by atoms with E-state index in [1.807, 2.05) is 44.2 Å². The van der Waals surface area contributed by atoms with Gasteiger partial charge < -0.3 is 15.2 Å². The van der Waals surface area contributed by atoms with Crippen LogP contribution >= 0.6 is 23.2 Å². The van der Waals surface area contributed by atoms with Gasteiger partial charge in [0, 0.05) is 34.0 Å². The van der Waals surface area contributed by atoms with E-state index in [-0.39, 0.29) is 29.3 Å². The van der Waals surface area contributed by atoms with E-state index in [0.29, 0.717) is 40.0 Å². The van der Waals surface area contributed by atoms with Crippen LogP contribution in [0.25, 0.3) is 0 Å². The van der Waals surface area contributed by atoms with Crippen molar-refractivity contribution in [3.63, 3.8) is 0 Å². The molecule has 0 aromatic heterocycles. The second kappa shape index (κ2) is 8.54. The number of hydrogen-bond acceptors (Lipinski definition) is 5. The molecule has 2 aliphatic rings. The minimum atomic E-state index is -0.588. The lowest BCUT2D eigenvalue weighted by Gasteiger charge is -2.37. The number of carbonyl (C=O) groups is 1. The molecule has 1 heterocycles. The van der Waals surface area contributed by atoms with E-state index < -0.39 is 5.92 Å². The van der Waals surface area contributed by atoms with Crippen LogP contribution in [0.2, 0.25) is 10.0 Å². The maximum atomic E-state index is 13.1. The van der Waals surface area contributed by atoms with Gasteiger partial charge in [-0.25, -0.2) is 0 Å². The van der Waals surface area contributed by atoms with Gasteiger partial charge in [0.15, 0.2) is 5.78 Å². The van der Waals surface area contributed by atoms with Gasteiger partial charge in [0.2, 0.25) is 5.88 Å². The Morgan fingerprint density at radius 3 is 2.72 bits per heavy atom. The number of rotatable bonds is 4. The van der Waals surface area contributed by atoms with Crippen molar-refractivity contribution in [1.82, 2.24) is 0 Å². The summed E-state index contributed by atoms with van der Waals surface area (Å²) in [5.74, 6) is 0.561. The number of allylic oxidation sites excluding steroid dienone is 3. The van der Waals surface area contributed by atoms with Crippen molar-refractivity contribution in [2.24, 2.45) is 11.1 Å². The second-order valence-electron chi connectivity index (χ2n) is 8.80. The average molecular weight is 469 g/mol. The summed E-state index contributed by atoms with van der Waals surface area (Å²) in [7, 11) is 0. The quantitative estimate of drug-likeness (QED) is 0.592. The first-order chi connectivity index (χ1) is 15.2. The van der Waals surface area contributed by atoms with Crippen LogP contribution in [0.4, 0.5) is 0 Å². The maximum Gasteiger partial charge on any atom is 0.205 e. The van der Waals surface area contributed by atoms with Crippen LogP contribution in [0.15, 0.2) is 65.3 Å². The highest BCUT2D eigenvalue weighted by Gasteiger charge is 2.43. The number of nitrogens with zero attached hydrogens (tertiary/aromatic N) is 1. The van der Waals surface area contributed by atoms with Crippen LogP contribution in [-0.4, -0.2) is 5.78 Å². The number of ether oxygens (including phenoxy) is 2. The van der Waals surface area contributed by atoms with Gasteiger partial charge in [0.1, 0.15) is 29.8 Å². The van der Waals surface area contributed by atoms with Crippen molar-refractivity contribution < 1.29 is 14.3 Å². The minimum absolute atomic E-state index is 0.0271. The average Bonchev–Trinajstić information content (AvgIpc) is 2.71. The lowest BCUT2D eigenvalue weighted by atomic mass is 9.70. The van der Waals surface area contributed by atoms with Gasteiger partial charge in [-0.15, -0.1) is 0 Å². The van der Waals surface area contributed by atoms with Gasteiger partial charge in [0.25, 0.3) is 0 Å². The van der Waals surface area contributed by atoms with Gasteiger partial charge in [-0.3, -0.25) is 4.79 Å². The van der Waals surface area contributed by atoms with E-state index in [1.165, 1.54) is 0 Å². The fourth-order valence-corrected chi connectivity index (χ4v) is 4.66. The number of halogens is 2. The fourth-order valence-electron chi connectivity index (χ4n) is 4.20. The molecule has 1 atom stereocenters. The normalized spacial score (nSPS) is 19.8. The van der Waals surface area contributed by atoms with E-state index in [4.69, 9.17) is 38.4 Å². The molecule has 0 fully saturated rings. The molecule has 0 amide bonds. The molecule has 2 N–H and O–H groups in total. The molecular formula is C25H22Cl2N2O3. The highest BCUT2D eigenvalue weighted by Crippen LogP contribution is 2.48. The van der Waals surface area contributed by atoms with Crippen LogP contribution < -0.4 is 10.5 Å². The first-order valence-electron chi connectivity index (χ1n) is 10.2. The van der Waals surface area contributed by atoms with E-state index in [9.17, 15) is 10.1 Å². The maximum absolute atomic E-state index is 13.1. The Balaban J connectivity index is 1.68. The van der Waals surface area contributed by atoms with Crippen LogP contribution in [0.3, 0.4) is 0 Å². The largest absolute Gasteiger partial charge is 0.489 e. The second-order valence-corrected chi connectivity index (χ2v) is 9.64. The summed E-state index contributed by atoms with van der Waals surface area (Å²) in [4.78, 5) is 13.1. The Hall–Kier alpha value is -2.94. The molecule has 0 spiro atoms. The number of Topliss-reactive ketones (excluding diaryl/α,β-unsaturated/α-hetero) is 1. The Morgan fingerprint density at radius 2 is 2.00 bits per heavy atom. The summed E-state index contributed by atoms with van der Waals surface area (Å²) in [6, 6.07) is 14.7. The summed E-state index contributed by atoms with van der Waals surface area (Å²) >= 11 is 12.2. The monoisotopic (exact) mass is 468 g/mol. The van der Waals surface area contributed by atoms with Crippen LogP contribution in [0.1, 0.15) is 43.7 Å². The highest BCUT2D eigenvalue weighted by molar-refractivity contribution is 6.35. The van der Waals surface area contributed by atoms with Gasteiger partial charge in [-0.1, -0.05) is 55.2 Å². The molecule has 5 nitrogen and oxygen atoms in total. The number of benzene rings is 2. The predicted molar refractivity (Wildman–Crippen MR) is 123 cm³/mol. The van der Waals surface area contributed by atoms with E-state index in [1.54, 1.807) is 12.1 Å². The number of nitriles is 1. The Bertz CT molecular complexity index is 1210. The number of ketones is 1. The van der Waals surface area contributed by atoms with Crippen molar-refractivity contribution in [2.45, 2.75) is 39.2 Å². The lowest BCUT2D eigenvalue weighted by molar-refractivity contribution is -0.119. The third-order valence-corrected chi connectivity index (χ3v) is 6.26. The first kappa shape index (κ1) is 22.3. The summed E-state index contributed by atoms with van der Waals surface area (Å²) < 4.78 is 11.7. The summed E-state index contributed by atoms with van der Waals surface area (Å²) in [6.07, 6.45) is 0.963. The summed E-state index contributed by atoms with van der Waals surface area (Å²) in [5.41, 5.74) is 8.14. The van der Waals surface area contributed by atoms with Crippen molar-refractivity contribution >= 4 is 29.0 Å². The van der Waals surface area contributed by atoms with Crippen molar-refractivity contribution in [1.29, 1.82) is 5.26 Å². The zero-order valence-electron chi connectivity index (χ0n) is 17.7. The summed E-state index contributed by atoms with van der Waals surface area (Å²) in [5, 5.41) is 10.9. The standard InChI is InChI=1S/C25H22Cl2N2O3/c1-25(2)10-20(30)23-21(11-25)32-24(29)18(12-28)22(23)14-4-3-5-17(8-14)31-13-15-6-7-16(26)9-19(15)27/h3-9,22H,10-11,13,29H2,1-2H3. The molecule has 2 aromatic rings. The Labute approximate surface area is 197 Å². The van der Waals surface area contributed by atoms with Gasteiger partial charge >= 0.3 is 0 Å². The molecule has 1 unspecified atom stereocenters. The van der Waals surface area contributed by atoms with Crippen LogP contribution in [-0.2, 0) is 16.1 Å². The molecular weight excluding hydrogens is 447 g/mol. The Kier molecular flexibility index (Phi) is 5.94. The molecule has 0 bridgehead atoms. The SMILES string of the molecule is CC1(C)CC(=O)C2=C(C1)OC(N)=C(C#N)C2c1cccc(OCc2ccc(Cl)cc2Cl)c1. The smallest absolute Gasteiger partial charge is 0.205 e. The molecule has 4 rings (SSSR count). The van der Waals surface area contributed by atoms with Gasteiger partial charge in [-0.05, 0) is 35.2 Å². The number of carbonyl (C=O) groups excluding carboxylic acids is 1. The van der Waals surface area contributed by atoms with E-state index in [0.717, 1.165) is 11.1 Å². The lowest BCUT2D eigenvalue weighted by Crippen LogP contribution is -2.33. The van der Waals surface area contributed by atoms with Crippen molar-refractivity contribution in [2.75, 3.05) is 0 Å². The molecule has 0 saturated heterocycles. The van der Waals surface area contributed by atoms with Crippen LogP contribution in [0.5, 0.6) is 5.75 Å². The number of hydrogen-bond donors (Lipinski definition) is 1. The molecule has 2 aromatic carbocycles. The minimum Gasteiger partial charge on any atom is -0.489 e. The first-order valence-corrected chi connectivity index (χ1v) is 10.9. The topological polar surface area (TPSA) is 85.3 Å². The predicted octanol–water partition coefficient (Wildman–Crippen LogP) is 6.02. The van der Waals surface area contributed by atoms with Crippen LogP contribution in [0, 0.1) is 16.7 Å². The zero-order chi connectivity index (χ0) is 23.0. The molecule has 1 aliphatic heterocycles. The number of nitrogens with two attached hydrogens (primary N) is 1. The molecule has 0 saturated carbocycles. The van der Waals surface area contributed by atoms with Gasteiger partial charge in [-0.2, -0.15) is 5.26 Å². The molecule has 7 heteroatoms. The highest BCUT2D eigenvalue weighted by atomic mass is 35.5. The molecule has 0 radical (unpaired) electrons. The molecule has 164 valence electrons. The fraction of sp³-hybridized carbons (Fsp3) is 0.280.